The van der Waals surface area contributed by atoms with E-state index in [1.807, 2.05) is 63.2 Å². The van der Waals surface area contributed by atoms with Crippen molar-refractivity contribution in [2.45, 2.75) is 25.9 Å². The second-order valence-electron chi connectivity index (χ2n) is 7.61. The molecule has 0 aliphatic carbocycles. The van der Waals surface area contributed by atoms with Crippen LogP contribution in [0.25, 0.3) is 5.65 Å². The zero-order valence-corrected chi connectivity index (χ0v) is 18.9. The van der Waals surface area contributed by atoms with Crippen LogP contribution in [0.3, 0.4) is 0 Å². The average molecular weight is 446 g/mol. The van der Waals surface area contributed by atoms with Crippen LogP contribution >= 0.6 is 11.8 Å². The molecule has 32 heavy (non-hydrogen) atoms. The number of aryl methyl sites for hydroxylation is 3. The van der Waals surface area contributed by atoms with Crippen LogP contribution in [0, 0.1) is 20.8 Å². The second-order valence-corrected chi connectivity index (χ2v) is 8.55. The van der Waals surface area contributed by atoms with Gasteiger partial charge in [-0.3, -0.25) is 14.0 Å². The summed E-state index contributed by atoms with van der Waals surface area (Å²) in [4.78, 5) is 25.1. The van der Waals surface area contributed by atoms with Gasteiger partial charge in [-0.25, -0.2) is 0 Å². The molecular weight excluding hydrogens is 422 g/mol. The van der Waals surface area contributed by atoms with E-state index in [4.69, 9.17) is 0 Å². The number of carbonyl (C=O) groups excluding carboxylic acids is 2. The number of hydrogen-bond donors (Lipinski definition) is 2. The predicted octanol–water partition coefficient (Wildman–Crippen LogP) is 4.64. The summed E-state index contributed by atoms with van der Waals surface area (Å²) in [5, 5.41) is 14.7. The first-order chi connectivity index (χ1) is 15.4. The molecule has 4 aromatic rings. The van der Waals surface area contributed by atoms with Gasteiger partial charge in [0.05, 0.1) is 11.3 Å². The third kappa shape index (κ3) is 4.97. The SMILES string of the molecule is Cc1cccc(NC(=O)c2ccc3nnc(SCC(=O)Nc4ccc(C)cc4C)n3c2)c1. The summed E-state index contributed by atoms with van der Waals surface area (Å²) in [6, 6.07) is 16.9. The second kappa shape index (κ2) is 9.23. The van der Waals surface area contributed by atoms with Crippen molar-refractivity contribution in [3.63, 3.8) is 0 Å². The monoisotopic (exact) mass is 445 g/mol. The van der Waals surface area contributed by atoms with Crippen LogP contribution in [0.5, 0.6) is 0 Å². The van der Waals surface area contributed by atoms with Crippen LogP contribution in [-0.2, 0) is 4.79 Å². The van der Waals surface area contributed by atoms with Crippen molar-refractivity contribution in [1.29, 1.82) is 0 Å². The number of pyridine rings is 1. The molecular formula is C24H23N5O2S. The van der Waals surface area contributed by atoms with Crippen molar-refractivity contribution in [2.24, 2.45) is 0 Å². The molecule has 0 aliphatic rings. The Balaban J connectivity index is 1.45. The van der Waals surface area contributed by atoms with E-state index < -0.39 is 0 Å². The number of anilines is 2. The van der Waals surface area contributed by atoms with E-state index in [1.165, 1.54) is 11.8 Å². The number of nitrogens with zero attached hydrogens (tertiary/aromatic N) is 3. The highest BCUT2D eigenvalue weighted by atomic mass is 32.2. The van der Waals surface area contributed by atoms with Crippen molar-refractivity contribution < 1.29 is 9.59 Å². The molecule has 8 heteroatoms. The maximum Gasteiger partial charge on any atom is 0.257 e. The van der Waals surface area contributed by atoms with Gasteiger partial charge in [0.25, 0.3) is 5.91 Å². The number of fused-ring (bicyclic) bond motifs is 1. The van der Waals surface area contributed by atoms with E-state index in [2.05, 4.69) is 20.8 Å². The molecule has 0 atom stereocenters. The minimum absolute atomic E-state index is 0.132. The van der Waals surface area contributed by atoms with Gasteiger partial charge in [0.2, 0.25) is 5.91 Å². The number of thioether (sulfide) groups is 1. The van der Waals surface area contributed by atoms with Crippen LogP contribution in [0.15, 0.2) is 66.0 Å². The molecule has 0 fully saturated rings. The Morgan fingerprint density at radius 1 is 0.938 bits per heavy atom. The van der Waals surface area contributed by atoms with Gasteiger partial charge in [0.15, 0.2) is 10.8 Å². The Hall–Kier alpha value is -3.65. The number of carbonyl (C=O) groups is 2. The molecule has 7 nitrogen and oxygen atoms in total. The van der Waals surface area contributed by atoms with Crippen LogP contribution in [0.1, 0.15) is 27.0 Å². The largest absolute Gasteiger partial charge is 0.325 e. The highest BCUT2D eigenvalue weighted by molar-refractivity contribution is 7.99. The first kappa shape index (κ1) is 21.6. The van der Waals surface area contributed by atoms with Crippen molar-refractivity contribution in [2.75, 3.05) is 16.4 Å². The molecule has 2 heterocycles. The van der Waals surface area contributed by atoms with Gasteiger partial charge in [-0.05, 0) is 62.2 Å². The number of rotatable bonds is 6. The lowest BCUT2D eigenvalue weighted by atomic mass is 10.1. The van der Waals surface area contributed by atoms with Gasteiger partial charge in [-0.1, -0.05) is 41.6 Å². The molecule has 4 rings (SSSR count). The predicted molar refractivity (Wildman–Crippen MR) is 127 cm³/mol. The Morgan fingerprint density at radius 2 is 1.75 bits per heavy atom. The van der Waals surface area contributed by atoms with Crippen LogP contribution in [0.2, 0.25) is 0 Å². The zero-order valence-electron chi connectivity index (χ0n) is 18.0. The van der Waals surface area contributed by atoms with Crippen molar-refractivity contribution >= 4 is 40.6 Å². The lowest BCUT2D eigenvalue weighted by Gasteiger charge is -2.09. The Bertz CT molecular complexity index is 1310. The summed E-state index contributed by atoms with van der Waals surface area (Å²) < 4.78 is 1.72. The summed E-state index contributed by atoms with van der Waals surface area (Å²) in [5.74, 6) is -0.185. The summed E-state index contributed by atoms with van der Waals surface area (Å²) in [7, 11) is 0. The van der Waals surface area contributed by atoms with Gasteiger partial charge in [0.1, 0.15) is 0 Å². The van der Waals surface area contributed by atoms with Crippen molar-refractivity contribution in [3.8, 4) is 0 Å². The normalized spacial score (nSPS) is 10.8. The summed E-state index contributed by atoms with van der Waals surface area (Å²) in [6.45, 7) is 5.95. The molecule has 0 spiro atoms. The molecule has 0 saturated heterocycles. The van der Waals surface area contributed by atoms with Gasteiger partial charge in [-0.15, -0.1) is 10.2 Å². The average Bonchev–Trinajstić information content (AvgIpc) is 3.16. The zero-order chi connectivity index (χ0) is 22.7. The maximum atomic E-state index is 12.7. The lowest BCUT2D eigenvalue weighted by Crippen LogP contribution is -2.15. The van der Waals surface area contributed by atoms with E-state index in [9.17, 15) is 9.59 Å². The number of nitrogens with one attached hydrogen (secondary N) is 2. The topological polar surface area (TPSA) is 88.4 Å². The third-order valence-electron chi connectivity index (χ3n) is 4.90. The summed E-state index contributed by atoms with van der Waals surface area (Å²) in [6.07, 6.45) is 1.69. The van der Waals surface area contributed by atoms with Crippen molar-refractivity contribution in [1.82, 2.24) is 14.6 Å². The first-order valence-corrected chi connectivity index (χ1v) is 11.1. The minimum atomic E-state index is -0.227. The third-order valence-corrected chi connectivity index (χ3v) is 5.84. The number of aromatic nitrogens is 3. The quantitative estimate of drug-likeness (QED) is 0.422. The molecule has 2 aromatic heterocycles. The van der Waals surface area contributed by atoms with Crippen LogP contribution in [-0.4, -0.2) is 32.2 Å². The molecule has 0 aliphatic heterocycles. The van der Waals surface area contributed by atoms with E-state index >= 15 is 0 Å². The van der Waals surface area contributed by atoms with E-state index in [1.54, 1.807) is 22.7 Å². The molecule has 0 bridgehead atoms. The van der Waals surface area contributed by atoms with Gasteiger partial charge < -0.3 is 10.6 Å². The van der Waals surface area contributed by atoms with E-state index in [-0.39, 0.29) is 17.6 Å². The molecule has 2 aromatic carbocycles. The fourth-order valence-electron chi connectivity index (χ4n) is 3.30. The van der Waals surface area contributed by atoms with E-state index in [0.717, 1.165) is 28.1 Å². The van der Waals surface area contributed by atoms with Gasteiger partial charge in [0, 0.05) is 17.6 Å². The number of amides is 2. The van der Waals surface area contributed by atoms with Gasteiger partial charge >= 0.3 is 0 Å². The minimum Gasteiger partial charge on any atom is -0.325 e. The Kier molecular flexibility index (Phi) is 6.23. The number of benzene rings is 2. The fraction of sp³-hybridized carbons (Fsp3) is 0.167. The highest BCUT2D eigenvalue weighted by Gasteiger charge is 2.13. The van der Waals surface area contributed by atoms with Crippen LogP contribution < -0.4 is 10.6 Å². The smallest absolute Gasteiger partial charge is 0.257 e. The maximum absolute atomic E-state index is 12.7. The molecule has 2 amide bonds. The lowest BCUT2D eigenvalue weighted by molar-refractivity contribution is -0.113. The Labute approximate surface area is 190 Å². The number of hydrogen-bond acceptors (Lipinski definition) is 5. The standard InChI is InChI=1S/C24H23N5O2S/c1-15-5-4-6-19(12-15)25-23(31)18-8-10-21-27-28-24(29(21)13-18)32-14-22(30)26-20-9-7-16(2)11-17(20)3/h4-13H,14H2,1-3H3,(H,25,31)(H,26,30). The summed E-state index contributed by atoms with van der Waals surface area (Å²) in [5.41, 5.74) is 5.83. The molecule has 162 valence electrons. The first-order valence-electron chi connectivity index (χ1n) is 10.1. The fourth-order valence-corrected chi connectivity index (χ4v) is 4.02. The van der Waals surface area contributed by atoms with Crippen molar-refractivity contribution in [3.05, 3.63) is 83.0 Å². The molecule has 0 unspecified atom stereocenters. The van der Waals surface area contributed by atoms with Crippen LogP contribution in [0.4, 0.5) is 11.4 Å². The highest BCUT2D eigenvalue weighted by Crippen LogP contribution is 2.20. The summed E-state index contributed by atoms with van der Waals surface area (Å²) >= 11 is 1.26. The molecule has 2 N–H and O–H groups in total. The molecule has 0 radical (unpaired) electrons. The Morgan fingerprint density at radius 3 is 2.53 bits per heavy atom. The molecule has 0 saturated carbocycles. The van der Waals surface area contributed by atoms with E-state index in [0.29, 0.717) is 16.4 Å². The van der Waals surface area contributed by atoms with Gasteiger partial charge in [-0.2, -0.15) is 0 Å².